The molecule has 6 heteroatoms. The van der Waals surface area contributed by atoms with Crippen LogP contribution in [0.1, 0.15) is 11.4 Å². The Kier molecular flexibility index (Phi) is 6.30. The third-order valence-electron chi connectivity index (χ3n) is 3.59. The fourth-order valence-electron chi connectivity index (χ4n) is 2.38. The summed E-state index contributed by atoms with van der Waals surface area (Å²) in [5, 5.41) is 13.0. The molecule has 0 fully saturated rings. The van der Waals surface area contributed by atoms with E-state index in [1.54, 1.807) is 11.8 Å². The lowest BCUT2D eigenvalue weighted by molar-refractivity contribution is 0.687. The first-order valence-electron chi connectivity index (χ1n) is 7.95. The second-order valence-corrected chi connectivity index (χ2v) is 7.29. The molecule has 1 N–H and O–H groups in total. The molecular weight excluding hydrogens is 396 g/mol. The van der Waals surface area contributed by atoms with Gasteiger partial charge in [-0.15, -0.1) is 16.8 Å². The largest absolute Gasteiger partial charge is 0.378 e. The number of nitrogens with one attached hydrogen (secondary N) is 1. The smallest absolute Gasteiger partial charge is 0.191 e. The minimum Gasteiger partial charge on any atom is -0.378 e. The molecular formula is C19H19BrN4S. The van der Waals surface area contributed by atoms with E-state index in [2.05, 4.69) is 54.7 Å². The summed E-state index contributed by atoms with van der Waals surface area (Å²) in [4.78, 5) is 0. The van der Waals surface area contributed by atoms with E-state index in [0.29, 0.717) is 13.1 Å². The molecule has 128 valence electrons. The fraction of sp³-hybridized carbons (Fsp3) is 0.158. The van der Waals surface area contributed by atoms with E-state index in [0.717, 1.165) is 26.9 Å². The highest BCUT2D eigenvalue weighted by Crippen LogP contribution is 2.24. The average Bonchev–Trinajstić information content (AvgIpc) is 3.01. The molecule has 0 unspecified atom stereocenters. The molecule has 0 aliphatic rings. The maximum atomic E-state index is 4.36. The average molecular weight is 415 g/mol. The molecule has 25 heavy (non-hydrogen) atoms. The summed E-state index contributed by atoms with van der Waals surface area (Å²) in [6.45, 7) is 5.18. The maximum absolute atomic E-state index is 4.36. The second kappa shape index (κ2) is 8.87. The summed E-state index contributed by atoms with van der Waals surface area (Å²) >= 11 is 5.19. The van der Waals surface area contributed by atoms with Crippen molar-refractivity contribution < 1.29 is 0 Å². The van der Waals surface area contributed by atoms with Gasteiger partial charge in [0.1, 0.15) is 0 Å². The van der Waals surface area contributed by atoms with E-state index in [4.69, 9.17) is 0 Å². The van der Waals surface area contributed by atoms with Gasteiger partial charge in [0.05, 0.1) is 6.54 Å². The Bertz CT molecular complexity index is 832. The molecule has 0 atom stereocenters. The predicted molar refractivity (Wildman–Crippen MR) is 108 cm³/mol. The van der Waals surface area contributed by atoms with E-state index >= 15 is 0 Å². The molecule has 1 aromatic heterocycles. The minimum atomic E-state index is 0.627. The minimum absolute atomic E-state index is 0.627. The van der Waals surface area contributed by atoms with Gasteiger partial charge in [-0.2, -0.15) is 0 Å². The number of rotatable bonds is 8. The highest BCUT2D eigenvalue weighted by Gasteiger charge is 2.11. The second-order valence-electron chi connectivity index (χ2n) is 5.44. The Labute approximate surface area is 160 Å². The Hall–Kier alpha value is -2.05. The Morgan fingerprint density at radius 3 is 2.72 bits per heavy atom. The number of hydrogen-bond donors (Lipinski definition) is 1. The standard InChI is InChI=1S/C19H19BrN4S/c1-2-11-24-18(13-21-17-9-4-3-5-10-17)22-23-19(24)25-14-15-7-6-8-16(20)12-15/h2-10,12,21H,1,11,13-14H2. The van der Waals surface area contributed by atoms with Crippen molar-refractivity contribution in [1.82, 2.24) is 14.8 Å². The third-order valence-corrected chi connectivity index (χ3v) is 5.12. The molecule has 0 saturated carbocycles. The van der Waals surface area contributed by atoms with Gasteiger partial charge in [0, 0.05) is 22.5 Å². The van der Waals surface area contributed by atoms with Crippen molar-refractivity contribution in [1.29, 1.82) is 0 Å². The van der Waals surface area contributed by atoms with Crippen molar-refractivity contribution in [2.75, 3.05) is 5.32 Å². The van der Waals surface area contributed by atoms with Gasteiger partial charge >= 0.3 is 0 Å². The molecule has 0 saturated heterocycles. The first kappa shape index (κ1) is 17.8. The monoisotopic (exact) mass is 414 g/mol. The van der Waals surface area contributed by atoms with Gasteiger partial charge in [-0.3, -0.25) is 0 Å². The molecule has 4 nitrogen and oxygen atoms in total. The summed E-state index contributed by atoms with van der Waals surface area (Å²) in [5.41, 5.74) is 2.32. The first-order valence-corrected chi connectivity index (χ1v) is 9.73. The maximum Gasteiger partial charge on any atom is 0.191 e. The van der Waals surface area contributed by atoms with Crippen molar-refractivity contribution in [3.8, 4) is 0 Å². The van der Waals surface area contributed by atoms with E-state index in [1.165, 1.54) is 5.56 Å². The number of halogens is 1. The Morgan fingerprint density at radius 2 is 1.96 bits per heavy atom. The number of allylic oxidation sites excluding steroid dienone is 1. The predicted octanol–water partition coefficient (Wildman–Crippen LogP) is 5.13. The normalized spacial score (nSPS) is 10.6. The molecule has 0 aliphatic heterocycles. The lowest BCUT2D eigenvalue weighted by Gasteiger charge is -2.09. The molecule has 3 rings (SSSR count). The van der Waals surface area contributed by atoms with Gasteiger partial charge in [-0.1, -0.05) is 64.1 Å². The van der Waals surface area contributed by atoms with Crippen LogP contribution in [-0.2, 0) is 18.8 Å². The highest BCUT2D eigenvalue weighted by molar-refractivity contribution is 9.10. The zero-order chi connectivity index (χ0) is 17.5. The van der Waals surface area contributed by atoms with Crippen LogP contribution >= 0.6 is 27.7 Å². The van der Waals surface area contributed by atoms with Crippen molar-refractivity contribution in [2.45, 2.75) is 24.0 Å². The summed E-state index contributed by atoms with van der Waals surface area (Å²) in [7, 11) is 0. The summed E-state index contributed by atoms with van der Waals surface area (Å²) < 4.78 is 3.19. The number of anilines is 1. The van der Waals surface area contributed by atoms with Crippen LogP contribution in [0.4, 0.5) is 5.69 Å². The molecule has 1 heterocycles. The summed E-state index contributed by atoms with van der Waals surface area (Å²) in [5.74, 6) is 1.75. The molecule has 0 radical (unpaired) electrons. The highest BCUT2D eigenvalue weighted by atomic mass is 79.9. The first-order chi connectivity index (χ1) is 12.3. The van der Waals surface area contributed by atoms with Crippen LogP contribution in [-0.4, -0.2) is 14.8 Å². The topological polar surface area (TPSA) is 42.7 Å². The van der Waals surface area contributed by atoms with Gasteiger partial charge in [-0.25, -0.2) is 0 Å². The molecule has 2 aromatic carbocycles. The third kappa shape index (κ3) is 4.96. The summed E-state index contributed by atoms with van der Waals surface area (Å²) in [6, 6.07) is 18.4. The lowest BCUT2D eigenvalue weighted by Crippen LogP contribution is -2.09. The van der Waals surface area contributed by atoms with Gasteiger partial charge in [0.15, 0.2) is 11.0 Å². The van der Waals surface area contributed by atoms with Crippen molar-refractivity contribution in [3.05, 3.63) is 83.1 Å². The van der Waals surface area contributed by atoms with E-state index in [9.17, 15) is 0 Å². The molecule has 0 spiro atoms. The zero-order valence-electron chi connectivity index (χ0n) is 13.7. The van der Waals surface area contributed by atoms with Crippen molar-refractivity contribution in [3.63, 3.8) is 0 Å². The van der Waals surface area contributed by atoms with Crippen LogP contribution < -0.4 is 5.32 Å². The number of benzene rings is 2. The van der Waals surface area contributed by atoms with Crippen LogP contribution in [0.3, 0.4) is 0 Å². The van der Waals surface area contributed by atoms with E-state index < -0.39 is 0 Å². The SMILES string of the molecule is C=CCn1c(CNc2ccccc2)nnc1SCc1cccc(Br)c1. The quantitative estimate of drug-likeness (QED) is 0.409. The Morgan fingerprint density at radius 1 is 1.12 bits per heavy atom. The number of nitrogens with zero attached hydrogens (tertiary/aromatic N) is 3. The van der Waals surface area contributed by atoms with Crippen LogP contribution in [0.5, 0.6) is 0 Å². The number of thioether (sulfide) groups is 1. The Balaban J connectivity index is 1.69. The lowest BCUT2D eigenvalue weighted by atomic mass is 10.2. The van der Waals surface area contributed by atoms with Crippen LogP contribution in [0, 0.1) is 0 Å². The zero-order valence-corrected chi connectivity index (χ0v) is 16.1. The van der Waals surface area contributed by atoms with Crippen molar-refractivity contribution in [2.24, 2.45) is 0 Å². The van der Waals surface area contributed by atoms with Gasteiger partial charge in [0.2, 0.25) is 0 Å². The van der Waals surface area contributed by atoms with Crippen LogP contribution in [0.2, 0.25) is 0 Å². The van der Waals surface area contributed by atoms with Gasteiger partial charge in [-0.05, 0) is 29.8 Å². The molecule has 0 amide bonds. The number of hydrogen-bond acceptors (Lipinski definition) is 4. The summed E-state index contributed by atoms with van der Waals surface area (Å²) in [6.07, 6.45) is 1.87. The van der Waals surface area contributed by atoms with Crippen molar-refractivity contribution >= 4 is 33.4 Å². The molecule has 0 bridgehead atoms. The van der Waals surface area contributed by atoms with Gasteiger partial charge < -0.3 is 9.88 Å². The van der Waals surface area contributed by atoms with E-state index in [1.807, 2.05) is 48.5 Å². The van der Waals surface area contributed by atoms with Crippen LogP contribution in [0.15, 0.2) is 76.9 Å². The van der Waals surface area contributed by atoms with Crippen LogP contribution in [0.25, 0.3) is 0 Å². The van der Waals surface area contributed by atoms with Gasteiger partial charge in [0.25, 0.3) is 0 Å². The fourth-order valence-corrected chi connectivity index (χ4v) is 3.74. The number of aromatic nitrogens is 3. The van der Waals surface area contributed by atoms with E-state index in [-0.39, 0.29) is 0 Å². The molecule has 3 aromatic rings. The molecule has 0 aliphatic carbocycles. The number of para-hydroxylation sites is 1.